The van der Waals surface area contributed by atoms with Crippen molar-refractivity contribution < 1.29 is 14.3 Å². The highest BCUT2D eigenvalue weighted by Crippen LogP contribution is 2.46. The van der Waals surface area contributed by atoms with Gasteiger partial charge in [-0.05, 0) is 42.7 Å². The summed E-state index contributed by atoms with van der Waals surface area (Å²) in [5, 5.41) is 3.22. The van der Waals surface area contributed by atoms with Gasteiger partial charge >= 0.3 is 0 Å². The molecule has 5 heteroatoms. The summed E-state index contributed by atoms with van der Waals surface area (Å²) in [6.07, 6.45) is 3.57. The Morgan fingerprint density at radius 1 is 1.06 bits per heavy atom. The zero-order valence-electron chi connectivity index (χ0n) is 18.6. The Morgan fingerprint density at radius 3 is 2.62 bits per heavy atom. The fourth-order valence-corrected chi connectivity index (χ4v) is 5.80. The fraction of sp³-hybridized carbons (Fsp3) is 0.481. The maximum Gasteiger partial charge on any atom is 0.225 e. The summed E-state index contributed by atoms with van der Waals surface area (Å²) < 4.78 is 5.45. The first kappa shape index (κ1) is 21.4. The highest BCUT2D eigenvalue weighted by atomic mass is 16.5. The standard InChI is InChI=1S/C27H32N2O3/c30-25-23-9-5-4-8-22(23)10-13-27(25)19-29(17-21-6-2-1-3-7-21)18-24(27)26(31)28-16-20-11-14-32-15-12-20/h1-9,20,24H,10-19H2,(H,28,31)/t24-,27+/m0/s1. The lowest BCUT2D eigenvalue weighted by atomic mass is 9.64. The Morgan fingerprint density at radius 2 is 1.81 bits per heavy atom. The normalized spacial score (nSPS) is 26.2. The van der Waals surface area contributed by atoms with Crippen LogP contribution in [0, 0.1) is 17.3 Å². The second kappa shape index (κ2) is 9.16. The van der Waals surface area contributed by atoms with Crippen molar-refractivity contribution >= 4 is 11.7 Å². The maximum absolute atomic E-state index is 13.8. The molecule has 3 aliphatic rings. The van der Waals surface area contributed by atoms with E-state index in [0.29, 0.717) is 25.6 Å². The molecule has 0 saturated carbocycles. The topological polar surface area (TPSA) is 58.6 Å². The molecule has 2 fully saturated rings. The van der Waals surface area contributed by atoms with Crippen LogP contribution in [0.2, 0.25) is 0 Å². The molecule has 2 aliphatic heterocycles. The van der Waals surface area contributed by atoms with Gasteiger partial charge < -0.3 is 10.1 Å². The van der Waals surface area contributed by atoms with Crippen LogP contribution in [0.1, 0.15) is 40.7 Å². The molecule has 1 amide bonds. The lowest BCUT2D eigenvalue weighted by Crippen LogP contribution is -2.49. The summed E-state index contributed by atoms with van der Waals surface area (Å²) in [6, 6.07) is 18.3. The van der Waals surface area contributed by atoms with Gasteiger partial charge in [0.05, 0.1) is 11.3 Å². The first-order valence-electron chi connectivity index (χ1n) is 11.9. The first-order chi connectivity index (χ1) is 15.7. The van der Waals surface area contributed by atoms with Crippen LogP contribution in [0.4, 0.5) is 0 Å². The molecule has 2 aromatic rings. The van der Waals surface area contributed by atoms with Gasteiger partial charge in [0.1, 0.15) is 0 Å². The Balaban J connectivity index is 1.38. The molecular formula is C27H32N2O3. The molecule has 5 rings (SSSR count). The molecule has 2 aromatic carbocycles. The van der Waals surface area contributed by atoms with Crippen molar-refractivity contribution in [3.63, 3.8) is 0 Å². The van der Waals surface area contributed by atoms with Crippen LogP contribution in [-0.4, -0.2) is 49.4 Å². The van der Waals surface area contributed by atoms with Crippen LogP contribution in [0.15, 0.2) is 54.6 Å². The third kappa shape index (κ3) is 4.12. The van der Waals surface area contributed by atoms with E-state index < -0.39 is 5.41 Å². The van der Waals surface area contributed by atoms with Crippen molar-refractivity contribution in [2.24, 2.45) is 17.3 Å². The van der Waals surface area contributed by atoms with Crippen molar-refractivity contribution in [3.8, 4) is 0 Å². The molecule has 5 nitrogen and oxygen atoms in total. The van der Waals surface area contributed by atoms with E-state index in [1.165, 1.54) is 5.56 Å². The van der Waals surface area contributed by atoms with E-state index in [4.69, 9.17) is 4.74 Å². The second-order valence-electron chi connectivity index (χ2n) is 9.65. The third-order valence-electron chi connectivity index (χ3n) is 7.64. The number of benzene rings is 2. The average Bonchev–Trinajstić information content (AvgIpc) is 3.20. The van der Waals surface area contributed by atoms with Gasteiger partial charge in [-0.25, -0.2) is 0 Å². The number of hydrogen-bond donors (Lipinski definition) is 1. The van der Waals surface area contributed by atoms with Gasteiger partial charge in [0.25, 0.3) is 0 Å². The van der Waals surface area contributed by atoms with Gasteiger partial charge in [-0.1, -0.05) is 54.6 Å². The Labute approximate surface area is 190 Å². The van der Waals surface area contributed by atoms with Crippen molar-refractivity contribution in [3.05, 3.63) is 71.3 Å². The minimum absolute atomic E-state index is 0.0415. The van der Waals surface area contributed by atoms with Gasteiger partial charge in [0, 0.05) is 45.0 Å². The minimum atomic E-state index is -0.636. The summed E-state index contributed by atoms with van der Waals surface area (Å²) in [5.74, 6) is 0.348. The second-order valence-corrected chi connectivity index (χ2v) is 9.65. The molecule has 1 spiro atoms. The molecule has 2 saturated heterocycles. The molecule has 0 radical (unpaired) electrons. The zero-order chi connectivity index (χ0) is 22.0. The summed E-state index contributed by atoms with van der Waals surface area (Å²) in [7, 11) is 0. The molecule has 32 heavy (non-hydrogen) atoms. The highest BCUT2D eigenvalue weighted by molar-refractivity contribution is 6.06. The van der Waals surface area contributed by atoms with E-state index in [0.717, 1.165) is 56.6 Å². The number of carbonyl (C=O) groups is 2. The van der Waals surface area contributed by atoms with Crippen LogP contribution in [0.25, 0.3) is 0 Å². The summed E-state index contributed by atoms with van der Waals surface area (Å²) in [6.45, 7) is 4.26. The monoisotopic (exact) mass is 432 g/mol. The minimum Gasteiger partial charge on any atom is -0.381 e. The lowest BCUT2D eigenvalue weighted by molar-refractivity contribution is -0.127. The zero-order valence-corrected chi connectivity index (χ0v) is 18.6. The SMILES string of the molecule is O=C(NCC1CCOCC1)[C@@H]1CN(Cc2ccccc2)C[C@]12CCc1ccccc1C2=O. The summed E-state index contributed by atoms with van der Waals surface area (Å²) in [4.78, 5) is 29.6. The highest BCUT2D eigenvalue weighted by Gasteiger charge is 2.56. The molecule has 2 heterocycles. The lowest BCUT2D eigenvalue weighted by Gasteiger charge is -2.37. The summed E-state index contributed by atoms with van der Waals surface area (Å²) in [5.41, 5.74) is 2.51. The predicted molar refractivity (Wildman–Crippen MR) is 123 cm³/mol. The Bertz CT molecular complexity index is 970. The number of likely N-dealkylation sites (tertiary alicyclic amines) is 1. The van der Waals surface area contributed by atoms with E-state index in [-0.39, 0.29) is 17.6 Å². The largest absolute Gasteiger partial charge is 0.381 e. The fourth-order valence-electron chi connectivity index (χ4n) is 5.80. The molecule has 0 unspecified atom stereocenters. The number of rotatable bonds is 5. The average molecular weight is 433 g/mol. The van der Waals surface area contributed by atoms with Gasteiger partial charge in [0.2, 0.25) is 5.91 Å². The number of Topliss-reactive ketones (excluding diaryl/α,β-unsaturated/α-hetero) is 1. The number of carbonyl (C=O) groups excluding carboxylic acids is 2. The Kier molecular flexibility index (Phi) is 6.11. The van der Waals surface area contributed by atoms with E-state index in [2.05, 4.69) is 28.4 Å². The van der Waals surface area contributed by atoms with Crippen LogP contribution < -0.4 is 5.32 Å². The van der Waals surface area contributed by atoms with Crippen LogP contribution >= 0.6 is 0 Å². The third-order valence-corrected chi connectivity index (χ3v) is 7.64. The molecule has 168 valence electrons. The molecule has 0 aromatic heterocycles. The number of ketones is 1. The number of nitrogens with zero attached hydrogens (tertiary/aromatic N) is 1. The van der Waals surface area contributed by atoms with Crippen molar-refractivity contribution in [2.45, 2.75) is 32.2 Å². The van der Waals surface area contributed by atoms with E-state index in [9.17, 15) is 9.59 Å². The van der Waals surface area contributed by atoms with E-state index >= 15 is 0 Å². The van der Waals surface area contributed by atoms with Crippen molar-refractivity contribution in [2.75, 3.05) is 32.8 Å². The number of hydrogen-bond acceptors (Lipinski definition) is 4. The number of amides is 1. The molecular weight excluding hydrogens is 400 g/mol. The van der Waals surface area contributed by atoms with E-state index in [1.807, 2.05) is 36.4 Å². The molecule has 1 N–H and O–H groups in total. The van der Waals surface area contributed by atoms with Gasteiger partial charge in [-0.15, -0.1) is 0 Å². The molecule has 1 aliphatic carbocycles. The van der Waals surface area contributed by atoms with Crippen LogP contribution in [0.5, 0.6) is 0 Å². The number of nitrogens with one attached hydrogen (secondary N) is 1. The predicted octanol–water partition coefficient (Wildman–Crippen LogP) is 3.48. The Hall–Kier alpha value is -2.50. The smallest absolute Gasteiger partial charge is 0.225 e. The maximum atomic E-state index is 13.8. The van der Waals surface area contributed by atoms with Gasteiger partial charge in [0.15, 0.2) is 5.78 Å². The van der Waals surface area contributed by atoms with Gasteiger partial charge in [-0.2, -0.15) is 0 Å². The van der Waals surface area contributed by atoms with Crippen LogP contribution in [0.3, 0.4) is 0 Å². The van der Waals surface area contributed by atoms with Gasteiger partial charge in [-0.3, -0.25) is 14.5 Å². The quantitative estimate of drug-likeness (QED) is 0.786. The molecule has 0 bridgehead atoms. The van der Waals surface area contributed by atoms with E-state index in [1.54, 1.807) is 0 Å². The van der Waals surface area contributed by atoms with Crippen LogP contribution in [-0.2, 0) is 22.5 Å². The summed E-state index contributed by atoms with van der Waals surface area (Å²) >= 11 is 0. The number of ether oxygens (including phenoxy) is 1. The molecule has 2 atom stereocenters. The number of fused-ring (bicyclic) bond motifs is 1. The number of aryl methyl sites for hydroxylation is 1. The first-order valence-corrected chi connectivity index (χ1v) is 11.9. The van der Waals surface area contributed by atoms with Crippen molar-refractivity contribution in [1.82, 2.24) is 10.2 Å². The van der Waals surface area contributed by atoms with Crippen molar-refractivity contribution in [1.29, 1.82) is 0 Å².